The zero-order valence-corrected chi connectivity index (χ0v) is 27.4. The molecule has 190 valence electrons. The summed E-state index contributed by atoms with van der Waals surface area (Å²) in [6.07, 6.45) is 0. The van der Waals surface area contributed by atoms with Gasteiger partial charge in [0.2, 0.25) is 0 Å². The van der Waals surface area contributed by atoms with Crippen LogP contribution in [0.4, 0.5) is 0 Å². The molecule has 0 aliphatic carbocycles. The second-order valence-corrected chi connectivity index (χ2v) is 29.2. The quantitative estimate of drug-likeness (QED) is 0.329. The Hall–Kier alpha value is -0.539. The maximum atomic E-state index is 13.7. The van der Waals surface area contributed by atoms with Crippen LogP contribution >= 0.6 is 0 Å². The van der Waals surface area contributed by atoms with Gasteiger partial charge in [-0.2, -0.15) is 0 Å². The summed E-state index contributed by atoms with van der Waals surface area (Å²) >= 11 is 0. The minimum Gasteiger partial charge on any atom is -0.413 e. The number of carbonyl (C=O) groups excluding carboxylic acids is 1. The van der Waals surface area contributed by atoms with E-state index in [1.165, 1.54) is 0 Å². The minimum atomic E-state index is -2.18. The van der Waals surface area contributed by atoms with E-state index in [2.05, 4.69) is 120 Å². The molecular weight excluding hydrogens is 457 g/mol. The van der Waals surface area contributed by atoms with Crippen LogP contribution in [0.1, 0.15) is 83.8 Å². The summed E-state index contributed by atoms with van der Waals surface area (Å²) in [5, 5.41) is 0.610. The molecule has 0 saturated carbocycles. The van der Waals surface area contributed by atoms with Crippen molar-refractivity contribution in [3.63, 3.8) is 0 Å². The Bertz CT molecular complexity index is 787. The third kappa shape index (κ3) is 7.47. The number of benzene rings is 1. The van der Waals surface area contributed by atoms with Gasteiger partial charge in [-0.05, 0) is 64.6 Å². The maximum Gasteiger partial charge on any atom is 0.192 e. The Balaban J connectivity index is 3.38. The summed E-state index contributed by atoms with van der Waals surface area (Å²) in [6.45, 7) is 34.7. The standard InChI is InChI=1S/C27H52O3Si3/c1-25(2,3)31(10,11)24(28)23-17-21(19-29-32(12,13)26(4,5)6)16-22(18-23)20-30-33(14,15)27(7,8)9/h16-18H,19-20H2,1-15H3. The van der Waals surface area contributed by atoms with Crippen LogP contribution in [-0.4, -0.2) is 30.1 Å². The molecule has 0 bridgehead atoms. The summed E-state index contributed by atoms with van der Waals surface area (Å²) in [5.74, 6) is 0. The molecule has 0 aliphatic heterocycles. The third-order valence-electron chi connectivity index (χ3n) is 8.57. The molecule has 0 spiro atoms. The van der Waals surface area contributed by atoms with Crippen molar-refractivity contribution in [2.45, 2.75) is 130 Å². The van der Waals surface area contributed by atoms with Crippen LogP contribution < -0.4 is 0 Å². The fraction of sp³-hybridized carbons (Fsp3) is 0.741. The first-order valence-electron chi connectivity index (χ1n) is 12.4. The van der Waals surface area contributed by atoms with Crippen molar-refractivity contribution in [3.8, 4) is 0 Å². The highest BCUT2D eigenvalue weighted by Gasteiger charge is 2.43. The number of hydrogen-bond donors (Lipinski definition) is 0. The first-order valence-corrected chi connectivity index (χ1v) is 21.2. The molecule has 1 rings (SSSR count). The lowest BCUT2D eigenvalue weighted by Crippen LogP contribution is -2.46. The van der Waals surface area contributed by atoms with Gasteiger partial charge >= 0.3 is 0 Å². The third-order valence-corrected chi connectivity index (χ3v) is 22.7. The highest BCUT2D eigenvalue weighted by Crippen LogP contribution is 2.40. The second-order valence-electron chi connectivity index (χ2n) is 14.3. The van der Waals surface area contributed by atoms with E-state index in [1.807, 2.05) is 0 Å². The predicted octanol–water partition coefficient (Wildman–Crippen LogP) is 8.96. The second kappa shape index (κ2) is 9.84. The largest absolute Gasteiger partial charge is 0.413 e. The molecule has 0 atom stereocenters. The first-order chi connectivity index (χ1) is 14.4. The van der Waals surface area contributed by atoms with E-state index < -0.39 is 24.7 Å². The van der Waals surface area contributed by atoms with Crippen molar-refractivity contribution in [1.29, 1.82) is 0 Å². The number of hydrogen-bond acceptors (Lipinski definition) is 3. The van der Waals surface area contributed by atoms with Crippen LogP contribution in [0.2, 0.25) is 54.4 Å². The molecule has 0 fully saturated rings. The highest BCUT2D eigenvalue weighted by atomic mass is 28.4. The average molecular weight is 509 g/mol. The lowest BCUT2D eigenvalue weighted by atomic mass is 10.1. The van der Waals surface area contributed by atoms with E-state index in [9.17, 15) is 4.79 Å². The Kier molecular flexibility index (Phi) is 9.09. The highest BCUT2D eigenvalue weighted by molar-refractivity contribution is 7.08. The maximum absolute atomic E-state index is 13.7. The van der Waals surface area contributed by atoms with Crippen molar-refractivity contribution < 1.29 is 13.6 Å². The van der Waals surface area contributed by atoms with E-state index in [4.69, 9.17) is 8.85 Å². The fourth-order valence-corrected chi connectivity index (χ4v) is 6.19. The molecule has 0 heterocycles. The van der Waals surface area contributed by atoms with E-state index in [1.54, 1.807) is 0 Å². The summed E-state index contributed by atoms with van der Waals surface area (Å²) < 4.78 is 13.1. The summed E-state index contributed by atoms with van der Waals surface area (Å²) in [5.41, 5.74) is 2.99. The van der Waals surface area contributed by atoms with Crippen LogP contribution in [0, 0.1) is 0 Å². The molecule has 3 nitrogen and oxygen atoms in total. The summed E-state index contributed by atoms with van der Waals surface area (Å²) in [7, 11) is -5.96. The monoisotopic (exact) mass is 508 g/mol. The van der Waals surface area contributed by atoms with Gasteiger partial charge in [0.15, 0.2) is 16.6 Å². The van der Waals surface area contributed by atoms with Crippen LogP contribution in [0.5, 0.6) is 0 Å². The van der Waals surface area contributed by atoms with Crippen LogP contribution in [0.15, 0.2) is 18.2 Å². The molecular formula is C27H52O3Si3. The van der Waals surface area contributed by atoms with Gasteiger partial charge in [0.25, 0.3) is 0 Å². The molecule has 6 heteroatoms. The van der Waals surface area contributed by atoms with Gasteiger partial charge in [-0.1, -0.05) is 81.5 Å². The van der Waals surface area contributed by atoms with Crippen LogP contribution in [0.25, 0.3) is 0 Å². The van der Waals surface area contributed by atoms with E-state index in [0.29, 0.717) is 18.6 Å². The minimum absolute atomic E-state index is 0.00443. The smallest absolute Gasteiger partial charge is 0.192 e. The molecule has 0 radical (unpaired) electrons. The van der Waals surface area contributed by atoms with Gasteiger partial charge in [0.1, 0.15) is 13.5 Å². The Labute approximate surface area is 208 Å². The van der Waals surface area contributed by atoms with E-state index in [-0.39, 0.29) is 15.1 Å². The fourth-order valence-electron chi connectivity index (χ4n) is 2.72. The number of rotatable bonds is 8. The van der Waals surface area contributed by atoms with E-state index >= 15 is 0 Å². The van der Waals surface area contributed by atoms with Crippen molar-refractivity contribution in [2.75, 3.05) is 0 Å². The van der Waals surface area contributed by atoms with Crippen LogP contribution in [0.3, 0.4) is 0 Å². The van der Waals surface area contributed by atoms with Gasteiger partial charge in [-0.15, -0.1) is 0 Å². The lowest BCUT2D eigenvalue weighted by molar-refractivity contribution is 0.106. The van der Waals surface area contributed by atoms with Gasteiger partial charge in [-0.25, -0.2) is 0 Å². The molecule has 1 aromatic carbocycles. The van der Waals surface area contributed by atoms with E-state index in [0.717, 1.165) is 16.7 Å². The van der Waals surface area contributed by atoms with Crippen LogP contribution in [-0.2, 0) is 22.1 Å². The van der Waals surface area contributed by atoms with Crippen molar-refractivity contribution in [1.82, 2.24) is 0 Å². The normalized spacial score (nSPS) is 14.5. The van der Waals surface area contributed by atoms with Crippen molar-refractivity contribution in [2.24, 2.45) is 0 Å². The summed E-state index contributed by atoms with van der Waals surface area (Å²) in [4.78, 5) is 13.7. The average Bonchev–Trinajstić information content (AvgIpc) is 2.61. The molecule has 0 amide bonds. The molecule has 0 unspecified atom stereocenters. The molecule has 0 aromatic heterocycles. The summed E-state index contributed by atoms with van der Waals surface area (Å²) in [6, 6.07) is 6.33. The number of carbonyl (C=O) groups is 1. The zero-order chi connectivity index (χ0) is 26.3. The first kappa shape index (κ1) is 30.5. The Morgan fingerprint density at radius 2 is 0.970 bits per heavy atom. The zero-order valence-electron chi connectivity index (χ0n) is 24.4. The molecule has 0 N–H and O–H groups in total. The Morgan fingerprint density at radius 3 is 1.24 bits per heavy atom. The van der Waals surface area contributed by atoms with Crippen molar-refractivity contribution >= 4 is 30.1 Å². The van der Waals surface area contributed by atoms with Gasteiger partial charge < -0.3 is 13.6 Å². The van der Waals surface area contributed by atoms with Gasteiger partial charge in [0.05, 0.1) is 13.2 Å². The lowest BCUT2D eigenvalue weighted by Gasteiger charge is -2.37. The van der Waals surface area contributed by atoms with Gasteiger partial charge in [0, 0.05) is 5.56 Å². The molecule has 0 aliphatic rings. The Morgan fingerprint density at radius 1 is 0.636 bits per heavy atom. The van der Waals surface area contributed by atoms with Gasteiger partial charge in [-0.3, -0.25) is 0 Å². The SMILES string of the molecule is CC(C)(C)[Si](C)(C)OCc1cc(CO[Si](C)(C)C(C)(C)C)cc(C(=O)[Si](C)(C)C(C)(C)C)c1. The topological polar surface area (TPSA) is 35.5 Å². The van der Waals surface area contributed by atoms with Crippen molar-refractivity contribution in [3.05, 3.63) is 34.9 Å². The predicted molar refractivity (Wildman–Crippen MR) is 152 cm³/mol. The molecule has 33 heavy (non-hydrogen) atoms. The molecule has 1 aromatic rings. The molecule has 0 saturated heterocycles.